The lowest BCUT2D eigenvalue weighted by atomic mass is 9.94. The van der Waals surface area contributed by atoms with E-state index in [1.165, 1.54) is 0 Å². The van der Waals surface area contributed by atoms with E-state index >= 15 is 0 Å². The molecule has 0 radical (unpaired) electrons. The number of hydrogen-bond acceptors (Lipinski definition) is 2. The molecule has 1 aliphatic heterocycles. The van der Waals surface area contributed by atoms with Crippen LogP contribution < -0.4 is 10.6 Å². The second-order valence-electron chi connectivity index (χ2n) is 5.06. The van der Waals surface area contributed by atoms with Gasteiger partial charge in [0.2, 0.25) is 0 Å². The first-order chi connectivity index (χ1) is 8.72. The topological polar surface area (TPSA) is 41.1 Å². The number of carbonyl (C=O) groups is 1. The highest BCUT2D eigenvalue weighted by molar-refractivity contribution is 5.95. The zero-order valence-corrected chi connectivity index (χ0v) is 12.4. The van der Waals surface area contributed by atoms with E-state index in [9.17, 15) is 4.79 Å². The molecule has 1 saturated heterocycles. The Kier molecular flexibility index (Phi) is 6.32. The molecule has 2 rings (SSSR count). The van der Waals surface area contributed by atoms with Gasteiger partial charge in [0, 0.05) is 18.2 Å². The van der Waals surface area contributed by atoms with E-state index < -0.39 is 0 Å². The Hall–Kier alpha value is -1.06. The van der Waals surface area contributed by atoms with Gasteiger partial charge in [0.15, 0.2) is 0 Å². The highest BCUT2D eigenvalue weighted by atomic mass is 35.5. The summed E-state index contributed by atoms with van der Waals surface area (Å²) in [4.78, 5) is 12.3. The molecule has 0 bridgehead atoms. The van der Waals surface area contributed by atoms with E-state index in [0.29, 0.717) is 5.92 Å². The minimum absolute atomic E-state index is 0. The Morgan fingerprint density at radius 1 is 1.42 bits per heavy atom. The van der Waals surface area contributed by atoms with Gasteiger partial charge in [0.25, 0.3) is 5.91 Å². The van der Waals surface area contributed by atoms with Crippen LogP contribution in [-0.2, 0) is 6.42 Å². The van der Waals surface area contributed by atoms with Crippen molar-refractivity contribution in [2.24, 2.45) is 5.92 Å². The van der Waals surface area contributed by atoms with Gasteiger partial charge in [-0.15, -0.1) is 12.4 Å². The standard InChI is InChI=1S/C15H22N2O.ClH/c1-3-12-6-4-5-7-13(12)15(18)17-14-10-16-9-8-11(14)2;/h4-7,11,14,16H,3,8-10H2,1-2H3,(H,17,18);1H. The molecule has 2 atom stereocenters. The van der Waals surface area contributed by atoms with E-state index in [1.807, 2.05) is 24.3 Å². The normalized spacial score (nSPS) is 22.4. The Morgan fingerprint density at radius 3 is 2.84 bits per heavy atom. The Morgan fingerprint density at radius 2 is 2.16 bits per heavy atom. The number of aryl methyl sites for hydroxylation is 1. The summed E-state index contributed by atoms with van der Waals surface area (Å²) in [6.45, 7) is 6.22. The molecule has 0 aliphatic carbocycles. The van der Waals surface area contributed by atoms with Crippen molar-refractivity contribution in [1.29, 1.82) is 0 Å². The summed E-state index contributed by atoms with van der Waals surface area (Å²) in [5.41, 5.74) is 1.93. The van der Waals surface area contributed by atoms with Gasteiger partial charge in [-0.2, -0.15) is 0 Å². The van der Waals surface area contributed by atoms with Gasteiger partial charge in [-0.1, -0.05) is 32.0 Å². The number of halogens is 1. The molecular weight excluding hydrogens is 260 g/mol. The van der Waals surface area contributed by atoms with Gasteiger partial charge in [0.1, 0.15) is 0 Å². The Bertz CT molecular complexity index is 422. The summed E-state index contributed by atoms with van der Waals surface area (Å²) in [7, 11) is 0. The third kappa shape index (κ3) is 3.95. The van der Waals surface area contributed by atoms with Crippen LogP contribution in [-0.4, -0.2) is 25.0 Å². The molecule has 1 aromatic rings. The lowest BCUT2D eigenvalue weighted by Gasteiger charge is -2.30. The van der Waals surface area contributed by atoms with Gasteiger partial charge >= 0.3 is 0 Å². The minimum Gasteiger partial charge on any atom is -0.348 e. The first-order valence-electron chi connectivity index (χ1n) is 6.82. The quantitative estimate of drug-likeness (QED) is 0.894. The van der Waals surface area contributed by atoms with Crippen molar-refractivity contribution in [2.75, 3.05) is 13.1 Å². The summed E-state index contributed by atoms with van der Waals surface area (Å²) in [5, 5.41) is 6.49. The molecule has 0 saturated carbocycles. The monoisotopic (exact) mass is 282 g/mol. The van der Waals surface area contributed by atoms with Crippen LogP contribution in [0.1, 0.15) is 36.2 Å². The SMILES string of the molecule is CCc1ccccc1C(=O)NC1CNCCC1C.Cl. The fraction of sp³-hybridized carbons (Fsp3) is 0.533. The maximum atomic E-state index is 12.3. The Labute approximate surface area is 121 Å². The molecular formula is C15H23ClN2O. The van der Waals surface area contributed by atoms with E-state index in [4.69, 9.17) is 0 Å². The number of carbonyl (C=O) groups excluding carboxylic acids is 1. The summed E-state index contributed by atoms with van der Waals surface area (Å²) >= 11 is 0. The predicted octanol–water partition coefficient (Wildman–Crippen LogP) is 2.40. The van der Waals surface area contributed by atoms with E-state index in [1.54, 1.807) is 0 Å². The maximum Gasteiger partial charge on any atom is 0.251 e. The summed E-state index contributed by atoms with van der Waals surface area (Å²) in [6.07, 6.45) is 2.02. The van der Waals surface area contributed by atoms with Crippen molar-refractivity contribution in [3.63, 3.8) is 0 Å². The predicted molar refractivity (Wildman–Crippen MR) is 81.0 cm³/mol. The highest BCUT2D eigenvalue weighted by Gasteiger charge is 2.23. The molecule has 1 amide bonds. The van der Waals surface area contributed by atoms with Crippen molar-refractivity contribution in [2.45, 2.75) is 32.7 Å². The third-order valence-corrected chi connectivity index (χ3v) is 3.79. The maximum absolute atomic E-state index is 12.3. The second kappa shape index (κ2) is 7.51. The second-order valence-corrected chi connectivity index (χ2v) is 5.06. The average molecular weight is 283 g/mol. The molecule has 4 heteroatoms. The molecule has 1 heterocycles. The number of piperidine rings is 1. The fourth-order valence-electron chi connectivity index (χ4n) is 2.48. The van der Waals surface area contributed by atoms with Crippen molar-refractivity contribution in [3.8, 4) is 0 Å². The lowest BCUT2D eigenvalue weighted by molar-refractivity contribution is 0.0914. The van der Waals surface area contributed by atoms with Gasteiger partial charge < -0.3 is 10.6 Å². The molecule has 19 heavy (non-hydrogen) atoms. The van der Waals surface area contributed by atoms with Gasteiger partial charge in [-0.3, -0.25) is 4.79 Å². The number of benzene rings is 1. The molecule has 0 spiro atoms. The van der Waals surface area contributed by atoms with Gasteiger partial charge in [-0.05, 0) is 36.9 Å². The number of nitrogens with one attached hydrogen (secondary N) is 2. The van der Waals surface area contributed by atoms with Crippen LogP contribution in [0.5, 0.6) is 0 Å². The smallest absolute Gasteiger partial charge is 0.251 e. The summed E-state index contributed by atoms with van der Waals surface area (Å²) in [6, 6.07) is 8.10. The minimum atomic E-state index is 0. The summed E-state index contributed by atoms with van der Waals surface area (Å²) < 4.78 is 0. The number of amides is 1. The van der Waals surface area contributed by atoms with Gasteiger partial charge in [-0.25, -0.2) is 0 Å². The largest absolute Gasteiger partial charge is 0.348 e. The Balaban J connectivity index is 0.00000180. The van der Waals surface area contributed by atoms with Crippen molar-refractivity contribution in [3.05, 3.63) is 35.4 Å². The zero-order chi connectivity index (χ0) is 13.0. The van der Waals surface area contributed by atoms with Crippen LogP contribution in [0.2, 0.25) is 0 Å². The first-order valence-corrected chi connectivity index (χ1v) is 6.82. The van der Waals surface area contributed by atoms with E-state index in [0.717, 1.165) is 37.1 Å². The molecule has 2 unspecified atom stereocenters. The molecule has 1 aliphatic rings. The molecule has 1 fully saturated rings. The van der Waals surface area contributed by atoms with Crippen molar-refractivity contribution >= 4 is 18.3 Å². The van der Waals surface area contributed by atoms with Crippen molar-refractivity contribution in [1.82, 2.24) is 10.6 Å². The molecule has 106 valence electrons. The zero-order valence-electron chi connectivity index (χ0n) is 11.6. The number of rotatable bonds is 3. The first kappa shape index (κ1) is 16.0. The van der Waals surface area contributed by atoms with Crippen molar-refractivity contribution < 1.29 is 4.79 Å². The highest BCUT2D eigenvalue weighted by Crippen LogP contribution is 2.14. The van der Waals surface area contributed by atoms with Crippen LogP contribution in [0.15, 0.2) is 24.3 Å². The van der Waals surface area contributed by atoms with Crippen LogP contribution in [0.25, 0.3) is 0 Å². The lowest BCUT2D eigenvalue weighted by Crippen LogP contribution is -2.50. The number of hydrogen-bond donors (Lipinski definition) is 2. The molecule has 2 N–H and O–H groups in total. The molecule has 3 nitrogen and oxygen atoms in total. The molecule has 1 aromatic carbocycles. The van der Waals surface area contributed by atoms with E-state index in [2.05, 4.69) is 24.5 Å². The van der Waals surface area contributed by atoms with Crippen LogP contribution >= 0.6 is 12.4 Å². The molecule has 0 aromatic heterocycles. The fourth-order valence-corrected chi connectivity index (χ4v) is 2.48. The summed E-state index contributed by atoms with van der Waals surface area (Å²) in [5.74, 6) is 0.608. The third-order valence-electron chi connectivity index (χ3n) is 3.79. The van der Waals surface area contributed by atoms with Crippen LogP contribution in [0, 0.1) is 5.92 Å². The van der Waals surface area contributed by atoms with E-state index in [-0.39, 0.29) is 24.4 Å². The average Bonchev–Trinajstić information content (AvgIpc) is 2.41. The van der Waals surface area contributed by atoms with Gasteiger partial charge in [0.05, 0.1) is 0 Å². The van der Waals surface area contributed by atoms with Crippen LogP contribution in [0.3, 0.4) is 0 Å². The van der Waals surface area contributed by atoms with Crippen LogP contribution in [0.4, 0.5) is 0 Å².